The highest BCUT2D eigenvalue weighted by Crippen LogP contribution is 2.06. The average Bonchev–Trinajstić information content (AvgIpc) is 2.74. The van der Waals surface area contributed by atoms with E-state index in [4.69, 9.17) is 11.5 Å². The summed E-state index contributed by atoms with van der Waals surface area (Å²) in [6.45, 7) is 12.3. The van der Waals surface area contributed by atoms with Crippen molar-refractivity contribution >= 4 is 0 Å². The van der Waals surface area contributed by atoms with E-state index in [1.165, 1.54) is 22.3 Å². The molecule has 8 N–H and O–H groups in total. The van der Waals surface area contributed by atoms with Gasteiger partial charge in [-0.25, -0.2) is 0 Å². The van der Waals surface area contributed by atoms with Crippen LogP contribution in [0.15, 0.2) is 48.5 Å². The molecular formula is C25H42N6. The summed E-state index contributed by atoms with van der Waals surface area (Å²) in [6.07, 6.45) is 0. The van der Waals surface area contributed by atoms with Crippen LogP contribution in [0, 0.1) is 0 Å². The van der Waals surface area contributed by atoms with Gasteiger partial charge in [0.25, 0.3) is 0 Å². The lowest BCUT2D eigenvalue weighted by atomic mass is 10.1. The molecule has 2 aromatic rings. The van der Waals surface area contributed by atoms with Crippen LogP contribution in [0.5, 0.6) is 0 Å². The highest BCUT2D eigenvalue weighted by molar-refractivity contribution is 5.23. The van der Waals surface area contributed by atoms with Gasteiger partial charge in [0, 0.05) is 63.9 Å². The number of rotatable bonds is 15. The van der Waals surface area contributed by atoms with Crippen LogP contribution < -0.4 is 32.7 Å². The molecule has 3 atom stereocenters. The molecule has 0 radical (unpaired) electrons. The van der Waals surface area contributed by atoms with E-state index in [1.807, 2.05) is 13.8 Å². The van der Waals surface area contributed by atoms with Crippen LogP contribution in [0.4, 0.5) is 0 Å². The third-order valence-electron chi connectivity index (χ3n) is 5.07. The fourth-order valence-electron chi connectivity index (χ4n) is 3.24. The van der Waals surface area contributed by atoms with Crippen molar-refractivity contribution in [1.82, 2.24) is 21.3 Å². The van der Waals surface area contributed by atoms with Crippen molar-refractivity contribution in [3.63, 3.8) is 0 Å². The van der Waals surface area contributed by atoms with Crippen molar-refractivity contribution < 1.29 is 0 Å². The first-order valence-electron chi connectivity index (χ1n) is 11.4. The molecule has 0 bridgehead atoms. The van der Waals surface area contributed by atoms with Gasteiger partial charge in [-0.1, -0.05) is 48.5 Å². The van der Waals surface area contributed by atoms with Crippen LogP contribution in [0.1, 0.15) is 43.0 Å². The molecule has 0 aliphatic heterocycles. The summed E-state index contributed by atoms with van der Waals surface area (Å²) < 4.78 is 0. The molecule has 2 rings (SSSR count). The lowest BCUT2D eigenvalue weighted by Crippen LogP contribution is -2.35. The lowest BCUT2D eigenvalue weighted by Gasteiger charge is -2.15. The lowest BCUT2D eigenvalue weighted by molar-refractivity contribution is 0.501. The molecule has 0 fully saturated rings. The Balaban J connectivity index is 1.61. The first-order chi connectivity index (χ1) is 14.9. The minimum absolute atomic E-state index is 0.186. The summed E-state index contributed by atoms with van der Waals surface area (Å²) >= 11 is 0. The van der Waals surface area contributed by atoms with Crippen molar-refractivity contribution in [2.24, 2.45) is 11.5 Å². The molecular weight excluding hydrogens is 384 g/mol. The Bertz CT molecular complexity index is 712. The van der Waals surface area contributed by atoms with Gasteiger partial charge in [-0.3, -0.25) is 0 Å². The maximum atomic E-state index is 5.76. The molecule has 0 aliphatic carbocycles. The summed E-state index contributed by atoms with van der Waals surface area (Å²) in [7, 11) is 0. The second kappa shape index (κ2) is 14.3. The Morgan fingerprint density at radius 3 is 1.23 bits per heavy atom. The Hall–Kier alpha value is -1.80. The normalized spacial score (nSPS) is 14.4. The van der Waals surface area contributed by atoms with Gasteiger partial charge < -0.3 is 32.7 Å². The smallest absolute Gasteiger partial charge is 0.0208 e. The SMILES string of the molecule is CC(N)CNCc1ccc(CNCC(C)NCc2ccc(CNCC(C)N)cc2)cc1. The molecule has 0 spiro atoms. The largest absolute Gasteiger partial charge is 0.327 e. The molecule has 0 saturated heterocycles. The predicted molar refractivity (Wildman–Crippen MR) is 132 cm³/mol. The topological polar surface area (TPSA) is 100 Å². The second-order valence-electron chi connectivity index (χ2n) is 8.76. The van der Waals surface area contributed by atoms with Crippen LogP contribution >= 0.6 is 0 Å². The van der Waals surface area contributed by atoms with Gasteiger partial charge in [-0.15, -0.1) is 0 Å². The van der Waals surface area contributed by atoms with E-state index in [-0.39, 0.29) is 12.1 Å². The van der Waals surface area contributed by atoms with Crippen molar-refractivity contribution in [3.05, 3.63) is 70.8 Å². The van der Waals surface area contributed by atoms with Crippen LogP contribution in [-0.4, -0.2) is 37.8 Å². The first-order valence-corrected chi connectivity index (χ1v) is 11.4. The van der Waals surface area contributed by atoms with Gasteiger partial charge in [-0.2, -0.15) is 0 Å². The van der Waals surface area contributed by atoms with E-state index < -0.39 is 0 Å². The average molecular weight is 427 g/mol. The van der Waals surface area contributed by atoms with E-state index in [2.05, 4.69) is 76.7 Å². The second-order valence-corrected chi connectivity index (χ2v) is 8.76. The zero-order valence-electron chi connectivity index (χ0n) is 19.5. The summed E-state index contributed by atoms with van der Waals surface area (Å²) in [5.41, 5.74) is 16.7. The summed E-state index contributed by atoms with van der Waals surface area (Å²) in [5, 5.41) is 13.9. The molecule has 31 heavy (non-hydrogen) atoms. The molecule has 0 aliphatic rings. The number of hydrogen-bond donors (Lipinski definition) is 6. The van der Waals surface area contributed by atoms with Crippen molar-refractivity contribution in [2.75, 3.05) is 19.6 Å². The number of benzene rings is 2. The maximum Gasteiger partial charge on any atom is 0.0208 e. The summed E-state index contributed by atoms with van der Waals surface area (Å²) in [4.78, 5) is 0. The quantitative estimate of drug-likeness (QED) is 0.260. The highest BCUT2D eigenvalue weighted by Gasteiger charge is 2.03. The predicted octanol–water partition coefficient (Wildman–Crippen LogP) is 1.83. The Kier molecular flexibility index (Phi) is 11.7. The van der Waals surface area contributed by atoms with Crippen LogP contribution in [0.3, 0.4) is 0 Å². The van der Waals surface area contributed by atoms with Crippen LogP contribution in [-0.2, 0) is 26.2 Å². The van der Waals surface area contributed by atoms with E-state index in [9.17, 15) is 0 Å². The summed E-state index contributed by atoms with van der Waals surface area (Å²) in [6, 6.07) is 18.3. The minimum Gasteiger partial charge on any atom is -0.327 e. The van der Waals surface area contributed by atoms with E-state index in [0.717, 1.165) is 45.8 Å². The molecule has 172 valence electrons. The molecule has 2 aromatic carbocycles. The van der Waals surface area contributed by atoms with Gasteiger partial charge in [-0.05, 0) is 43.0 Å². The Morgan fingerprint density at radius 2 is 0.871 bits per heavy atom. The molecule has 6 heteroatoms. The number of hydrogen-bond acceptors (Lipinski definition) is 6. The zero-order chi connectivity index (χ0) is 22.5. The molecule has 0 saturated carbocycles. The van der Waals surface area contributed by atoms with E-state index in [1.54, 1.807) is 0 Å². The fraction of sp³-hybridized carbons (Fsp3) is 0.520. The Morgan fingerprint density at radius 1 is 0.548 bits per heavy atom. The zero-order valence-corrected chi connectivity index (χ0v) is 19.5. The van der Waals surface area contributed by atoms with Crippen molar-refractivity contribution in [2.45, 2.75) is 65.1 Å². The number of nitrogens with two attached hydrogens (primary N) is 2. The highest BCUT2D eigenvalue weighted by atomic mass is 15.0. The third kappa shape index (κ3) is 11.4. The molecule has 0 amide bonds. The van der Waals surface area contributed by atoms with Crippen LogP contribution in [0.2, 0.25) is 0 Å². The van der Waals surface area contributed by atoms with E-state index in [0.29, 0.717) is 6.04 Å². The minimum atomic E-state index is 0.186. The maximum absolute atomic E-state index is 5.76. The van der Waals surface area contributed by atoms with Gasteiger partial charge in [0.2, 0.25) is 0 Å². The molecule has 3 unspecified atom stereocenters. The standard InChI is InChI=1S/C25H42N6/c1-19(26)12-28-15-22-4-6-24(7-5-22)17-30-14-21(3)31-18-25-10-8-23(9-11-25)16-29-13-20(2)27/h4-11,19-21,28-31H,12-18,26-27H2,1-3H3. The van der Waals surface area contributed by atoms with Gasteiger partial charge in [0.1, 0.15) is 0 Å². The Labute approximate surface area is 188 Å². The molecule has 6 nitrogen and oxygen atoms in total. The van der Waals surface area contributed by atoms with Crippen molar-refractivity contribution in [3.8, 4) is 0 Å². The summed E-state index contributed by atoms with van der Waals surface area (Å²) in [5.74, 6) is 0. The van der Waals surface area contributed by atoms with Gasteiger partial charge >= 0.3 is 0 Å². The van der Waals surface area contributed by atoms with Crippen molar-refractivity contribution in [1.29, 1.82) is 0 Å². The van der Waals surface area contributed by atoms with Crippen LogP contribution in [0.25, 0.3) is 0 Å². The molecule has 0 aromatic heterocycles. The third-order valence-corrected chi connectivity index (χ3v) is 5.07. The van der Waals surface area contributed by atoms with Gasteiger partial charge in [0.15, 0.2) is 0 Å². The van der Waals surface area contributed by atoms with E-state index >= 15 is 0 Å². The fourth-order valence-corrected chi connectivity index (χ4v) is 3.24. The number of nitrogens with one attached hydrogen (secondary N) is 4. The monoisotopic (exact) mass is 426 g/mol. The van der Waals surface area contributed by atoms with Gasteiger partial charge in [0.05, 0.1) is 0 Å². The first kappa shape index (κ1) is 25.5. The molecule has 0 heterocycles.